The number of anilines is 1. The average molecular weight is 269 g/mol. The molecule has 0 saturated heterocycles. The molecule has 18 heavy (non-hydrogen) atoms. The molecule has 0 atom stereocenters. The normalized spacial score (nSPS) is 10.2. The number of rotatable bonds is 4. The van der Waals surface area contributed by atoms with Crippen molar-refractivity contribution in [1.82, 2.24) is 9.80 Å². The van der Waals surface area contributed by atoms with Crippen molar-refractivity contribution in [2.24, 2.45) is 0 Å². The maximum absolute atomic E-state index is 12.2. The van der Waals surface area contributed by atoms with Crippen molar-refractivity contribution in [1.29, 1.82) is 0 Å². The summed E-state index contributed by atoms with van der Waals surface area (Å²) in [6.07, 6.45) is 0. The van der Waals surface area contributed by atoms with Crippen LogP contribution in [-0.2, 0) is 4.79 Å². The van der Waals surface area contributed by atoms with Crippen LogP contribution in [0.4, 0.5) is 5.69 Å². The van der Waals surface area contributed by atoms with Crippen LogP contribution in [0.15, 0.2) is 6.07 Å². The summed E-state index contributed by atoms with van der Waals surface area (Å²) in [7, 11) is 3.35. The molecule has 0 aromatic carbocycles. The van der Waals surface area contributed by atoms with Gasteiger partial charge in [-0.05, 0) is 19.9 Å². The Labute approximate surface area is 111 Å². The van der Waals surface area contributed by atoms with Crippen LogP contribution in [0.5, 0.6) is 0 Å². The van der Waals surface area contributed by atoms with Gasteiger partial charge >= 0.3 is 0 Å². The van der Waals surface area contributed by atoms with Gasteiger partial charge in [-0.3, -0.25) is 9.59 Å². The van der Waals surface area contributed by atoms with Gasteiger partial charge in [-0.2, -0.15) is 0 Å². The summed E-state index contributed by atoms with van der Waals surface area (Å²) in [5, 5.41) is 0. The SMILES string of the molecule is CCN(CC(=O)N(C)C)C(=O)c1cc(N)c(C)s1. The van der Waals surface area contributed by atoms with Gasteiger partial charge in [-0.25, -0.2) is 0 Å². The van der Waals surface area contributed by atoms with Crippen LogP contribution < -0.4 is 5.73 Å². The maximum Gasteiger partial charge on any atom is 0.264 e. The lowest BCUT2D eigenvalue weighted by Gasteiger charge is -2.21. The summed E-state index contributed by atoms with van der Waals surface area (Å²) < 4.78 is 0. The largest absolute Gasteiger partial charge is 0.398 e. The molecule has 0 radical (unpaired) electrons. The van der Waals surface area contributed by atoms with E-state index in [4.69, 9.17) is 5.73 Å². The van der Waals surface area contributed by atoms with Crippen molar-refractivity contribution in [2.75, 3.05) is 32.9 Å². The van der Waals surface area contributed by atoms with Crippen LogP contribution in [-0.4, -0.2) is 48.8 Å². The molecule has 5 nitrogen and oxygen atoms in total. The fraction of sp³-hybridized carbons (Fsp3) is 0.500. The van der Waals surface area contributed by atoms with E-state index in [0.717, 1.165) is 4.88 Å². The third-order valence-corrected chi connectivity index (χ3v) is 3.72. The van der Waals surface area contributed by atoms with Gasteiger partial charge < -0.3 is 15.5 Å². The number of carbonyl (C=O) groups excluding carboxylic acids is 2. The van der Waals surface area contributed by atoms with E-state index in [1.165, 1.54) is 21.1 Å². The Kier molecular flexibility index (Phi) is 4.72. The zero-order valence-corrected chi connectivity index (χ0v) is 12.0. The van der Waals surface area contributed by atoms with Gasteiger partial charge in [0.1, 0.15) is 6.54 Å². The Bertz CT molecular complexity index is 435. The summed E-state index contributed by atoms with van der Waals surface area (Å²) in [6.45, 7) is 4.32. The minimum Gasteiger partial charge on any atom is -0.398 e. The molecule has 1 heterocycles. The summed E-state index contributed by atoms with van der Waals surface area (Å²) in [4.78, 5) is 28.3. The van der Waals surface area contributed by atoms with E-state index in [1.54, 1.807) is 20.2 Å². The van der Waals surface area contributed by atoms with Crippen LogP contribution in [0, 0.1) is 6.92 Å². The van der Waals surface area contributed by atoms with Crippen molar-refractivity contribution in [3.63, 3.8) is 0 Å². The van der Waals surface area contributed by atoms with Crippen LogP contribution in [0.1, 0.15) is 21.5 Å². The van der Waals surface area contributed by atoms with Crippen molar-refractivity contribution in [2.45, 2.75) is 13.8 Å². The van der Waals surface area contributed by atoms with Crippen molar-refractivity contribution in [3.8, 4) is 0 Å². The Morgan fingerprint density at radius 2 is 2.00 bits per heavy atom. The quantitative estimate of drug-likeness (QED) is 0.893. The minimum absolute atomic E-state index is 0.0912. The lowest BCUT2D eigenvalue weighted by atomic mass is 10.3. The highest BCUT2D eigenvalue weighted by Crippen LogP contribution is 2.24. The zero-order valence-electron chi connectivity index (χ0n) is 11.2. The van der Waals surface area contributed by atoms with E-state index >= 15 is 0 Å². The lowest BCUT2D eigenvalue weighted by molar-refractivity contribution is -0.129. The number of amides is 2. The van der Waals surface area contributed by atoms with Crippen LogP contribution in [0.25, 0.3) is 0 Å². The molecule has 0 fully saturated rings. The second-order valence-electron chi connectivity index (χ2n) is 4.23. The topological polar surface area (TPSA) is 66.6 Å². The second-order valence-corrected chi connectivity index (χ2v) is 5.49. The molecule has 0 bridgehead atoms. The van der Waals surface area contributed by atoms with Crippen LogP contribution in [0.3, 0.4) is 0 Å². The molecule has 1 aromatic rings. The highest BCUT2D eigenvalue weighted by Gasteiger charge is 2.20. The number of thiophene rings is 1. The number of aryl methyl sites for hydroxylation is 1. The van der Waals surface area contributed by atoms with Crippen molar-refractivity contribution < 1.29 is 9.59 Å². The van der Waals surface area contributed by atoms with Crippen LogP contribution >= 0.6 is 11.3 Å². The van der Waals surface area contributed by atoms with Gasteiger partial charge in [0.2, 0.25) is 5.91 Å². The number of carbonyl (C=O) groups is 2. The first-order chi connectivity index (χ1) is 8.36. The van der Waals surface area contributed by atoms with E-state index in [-0.39, 0.29) is 18.4 Å². The standard InChI is InChI=1S/C12H19N3O2S/c1-5-15(7-11(16)14(3)4)12(17)10-6-9(13)8(2)18-10/h6H,5,7,13H2,1-4H3. The first-order valence-electron chi connectivity index (χ1n) is 5.72. The first-order valence-corrected chi connectivity index (χ1v) is 6.53. The smallest absolute Gasteiger partial charge is 0.264 e. The molecule has 6 heteroatoms. The molecule has 2 amide bonds. The summed E-state index contributed by atoms with van der Waals surface area (Å²) in [5.74, 6) is -0.232. The number of hydrogen-bond acceptors (Lipinski definition) is 4. The first kappa shape index (κ1) is 14.5. The van der Waals surface area contributed by atoms with Gasteiger partial charge in [0.05, 0.1) is 4.88 Å². The summed E-state index contributed by atoms with van der Waals surface area (Å²) in [6, 6.07) is 1.67. The van der Waals surface area contributed by atoms with E-state index < -0.39 is 0 Å². The molecule has 100 valence electrons. The van der Waals surface area contributed by atoms with Gasteiger partial charge in [0, 0.05) is 31.2 Å². The van der Waals surface area contributed by atoms with E-state index in [0.29, 0.717) is 17.1 Å². The molecule has 0 aliphatic rings. The van der Waals surface area contributed by atoms with E-state index in [9.17, 15) is 9.59 Å². The van der Waals surface area contributed by atoms with Gasteiger partial charge in [0.15, 0.2) is 0 Å². The number of likely N-dealkylation sites (N-methyl/N-ethyl adjacent to an activating group) is 2. The number of nitrogens with two attached hydrogens (primary N) is 1. The van der Waals surface area contributed by atoms with Gasteiger partial charge in [0.25, 0.3) is 5.91 Å². The maximum atomic E-state index is 12.2. The molecule has 0 unspecified atom stereocenters. The van der Waals surface area contributed by atoms with Crippen molar-refractivity contribution >= 4 is 28.8 Å². The third-order valence-electron chi connectivity index (χ3n) is 2.66. The predicted octanol–water partition coefficient (Wildman–Crippen LogP) is 1.19. The number of hydrogen-bond donors (Lipinski definition) is 1. The number of nitrogen functional groups attached to an aromatic ring is 1. The lowest BCUT2D eigenvalue weighted by Crippen LogP contribution is -2.39. The Morgan fingerprint density at radius 1 is 1.39 bits per heavy atom. The van der Waals surface area contributed by atoms with E-state index in [1.807, 2.05) is 13.8 Å². The average Bonchev–Trinajstić information content (AvgIpc) is 2.65. The fourth-order valence-electron chi connectivity index (χ4n) is 1.39. The molecule has 0 aliphatic carbocycles. The molecule has 0 spiro atoms. The van der Waals surface area contributed by atoms with Gasteiger partial charge in [-0.15, -0.1) is 11.3 Å². The highest BCUT2D eigenvalue weighted by molar-refractivity contribution is 7.14. The predicted molar refractivity (Wildman–Crippen MR) is 73.7 cm³/mol. The molecule has 0 saturated carbocycles. The Hall–Kier alpha value is -1.56. The highest BCUT2D eigenvalue weighted by atomic mass is 32.1. The molecule has 2 N–H and O–H groups in total. The summed E-state index contributed by atoms with van der Waals surface area (Å²) >= 11 is 1.36. The monoisotopic (exact) mass is 269 g/mol. The van der Waals surface area contributed by atoms with Gasteiger partial charge in [-0.1, -0.05) is 0 Å². The van der Waals surface area contributed by atoms with Crippen LogP contribution in [0.2, 0.25) is 0 Å². The van der Waals surface area contributed by atoms with E-state index in [2.05, 4.69) is 0 Å². The third kappa shape index (κ3) is 3.22. The molecule has 0 aliphatic heterocycles. The number of nitrogens with zero attached hydrogens (tertiary/aromatic N) is 2. The molecule has 1 rings (SSSR count). The molecular formula is C12H19N3O2S. The zero-order chi connectivity index (χ0) is 13.9. The minimum atomic E-state index is -0.141. The molecule has 1 aromatic heterocycles. The summed E-state index contributed by atoms with van der Waals surface area (Å²) in [5.41, 5.74) is 6.36. The molecular weight excluding hydrogens is 250 g/mol. The Balaban J connectivity index is 2.82. The Morgan fingerprint density at radius 3 is 2.39 bits per heavy atom. The van der Waals surface area contributed by atoms with Crippen molar-refractivity contribution in [3.05, 3.63) is 15.8 Å². The fourth-order valence-corrected chi connectivity index (χ4v) is 2.30. The second kappa shape index (κ2) is 5.86.